The SMILES string of the molecule is CNc1ccccc1C#C[Si](C)(C)C. The predicted molar refractivity (Wildman–Crippen MR) is 66.2 cm³/mol. The van der Waals surface area contributed by atoms with E-state index in [4.69, 9.17) is 0 Å². The highest BCUT2D eigenvalue weighted by Crippen LogP contribution is 2.12. The predicted octanol–water partition coefficient (Wildman–Crippen LogP) is 2.96. The van der Waals surface area contributed by atoms with Crippen LogP contribution in [0.3, 0.4) is 0 Å². The van der Waals surface area contributed by atoms with E-state index in [1.165, 1.54) is 0 Å². The number of benzene rings is 1. The van der Waals surface area contributed by atoms with Crippen molar-refractivity contribution in [3.63, 3.8) is 0 Å². The molecule has 1 N–H and O–H groups in total. The Hall–Kier alpha value is -1.20. The number of rotatable bonds is 1. The lowest BCUT2D eigenvalue weighted by atomic mass is 10.2. The molecule has 1 aromatic rings. The fourth-order valence-corrected chi connectivity index (χ4v) is 1.57. The van der Waals surface area contributed by atoms with Crippen molar-refractivity contribution in [3.05, 3.63) is 29.8 Å². The maximum absolute atomic E-state index is 3.36. The number of hydrogen-bond donors (Lipinski definition) is 1. The monoisotopic (exact) mass is 203 g/mol. The lowest BCUT2D eigenvalue weighted by molar-refractivity contribution is 1.49. The fraction of sp³-hybridized carbons (Fsp3) is 0.333. The molecule has 0 fully saturated rings. The lowest BCUT2D eigenvalue weighted by Gasteiger charge is -2.05. The van der Waals surface area contributed by atoms with Crippen LogP contribution < -0.4 is 5.32 Å². The highest BCUT2D eigenvalue weighted by Gasteiger charge is 2.07. The normalized spacial score (nSPS) is 10.3. The molecule has 0 aromatic heterocycles. The van der Waals surface area contributed by atoms with Gasteiger partial charge >= 0.3 is 0 Å². The number of para-hydroxylation sites is 1. The third-order valence-corrected chi connectivity index (χ3v) is 2.64. The van der Waals surface area contributed by atoms with E-state index in [-0.39, 0.29) is 0 Å². The average molecular weight is 203 g/mol. The first-order valence-corrected chi connectivity index (χ1v) is 8.33. The van der Waals surface area contributed by atoms with Gasteiger partial charge in [-0.1, -0.05) is 37.7 Å². The second kappa shape index (κ2) is 4.34. The topological polar surface area (TPSA) is 12.0 Å². The summed E-state index contributed by atoms with van der Waals surface area (Å²) in [6.45, 7) is 6.76. The lowest BCUT2D eigenvalue weighted by Crippen LogP contribution is -2.16. The largest absolute Gasteiger partial charge is 0.387 e. The first-order chi connectivity index (χ1) is 6.53. The summed E-state index contributed by atoms with van der Waals surface area (Å²) in [5.41, 5.74) is 5.57. The second-order valence-corrected chi connectivity index (χ2v) is 9.05. The van der Waals surface area contributed by atoms with Gasteiger partial charge in [-0.3, -0.25) is 0 Å². The molecule has 2 heteroatoms. The van der Waals surface area contributed by atoms with E-state index in [1.54, 1.807) is 0 Å². The van der Waals surface area contributed by atoms with E-state index in [0.29, 0.717) is 0 Å². The standard InChI is InChI=1S/C12H17NSi/c1-13-12-8-6-5-7-11(12)9-10-14(2,3)4/h5-8,13H,1-4H3. The minimum atomic E-state index is -1.26. The molecule has 0 saturated carbocycles. The highest BCUT2D eigenvalue weighted by atomic mass is 28.3. The van der Waals surface area contributed by atoms with Gasteiger partial charge in [-0.15, -0.1) is 5.54 Å². The van der Waals surface area contributed by atoms with E-state index < -0.39 is 8.07 Å². The molecule has 0 bridgehead atoms. The molecule has 1 aromatic carbocycles. The van der Waals surface area contributed by atoms with Gasteiger partial charge in [-0.25, -0.2) is 0 Å². The zero-order valence-electron chi connectivity index (χ0n) is 9.31. The fourth-order valence-electron chi connectivity index (χ4n) is 1.06. The molecular formula is C12H17NSi. The van der Waals surface area contributed by atoms with Crippen LogP contribution in [0, 0.1) is 11.5 Å². The summed E-state index contributed by atoms with van der Waals surface area (Å²) in [6.07, 6.45) is 0. The van der Waals surface area contributed by atoms with E-state index in [0.717, 1.165) is 11.3 Å². The minimum Gasteiger partial charge on any atom is -0.387 e. The number of hydrogen-bond acceptors (Lipinski definition) is 1. The van der Waals surface area contributed by atoms with Crippen molar-refractivity contribution in [2.24, 2.45) is 0 Å². The molecule has 0 heterocycles. The minimum absolute atomic E-state index is 1.09. The molecule has 0 atom stereocenters. The Morgan fingerprint density at radius 3 is 2.36 bits per heavy atom. The van der Waals surface area contributed by atoms with Gasteiger partial charge in [0.15, 0.2) is 0 Å². The average Bonchev–Trinajstić information content (AvgIpc) is 2.14. The molecule has 0 saturated heterocycles. The Balaban J connectivity index is 3.00. The third kappa shape index (κ3) is 3.27. The van der Waals surface area contributed by atoms with E-state index in [2.05, 4.69) is 42.5 Å². The molecule has 1 rings (SSSR count). The zero-order valence-corrected chi connectivity index (χ0v) is 10.3. The Bertz CT molecular complexity index is 366. The van der Waals surface area contributed by atoms with Crippen LogP contribution in [0.15, 0.2) is 24.3 Å². The first kappa shape index (κ1) is 10.9. The van der Waals surface area contributed by atoms with Gasteiger partial charge in [0.05, 0.1) is 0 Å². The van der Waals surface area contributed by atoms with Crippen molar-refractivity contribution in [3.8, 4) is 11.5 Å². The van der Waals surface area contributed by atoms with Gasteiger partial charge in [-0.05, 0) is 12.1 Å². The van der Waals surface area contributed by atoms with Gasteiger partial charge in [0.25, 0.3) is 0 Å². The second-order valence-electron chi connectivity index (χ2n) is 4.30. The summed E-state index contributed by atoms with van der Waals surface area (Å²) in [4.78, 5) is 0. The van der Waals surface area contributed by atoms with Crippen LogP contribution in [-0.2, 0) is 0 Å². The number of nitrogens with one attached hydrogen (secondary N) is 1. The van der Waals surface area contributed by atoms with Crippen molar-refractivity contribution < 1.29 is 0 Å². The molecule has 0 spiro atoms. The third-order valence-electron chi connectivity index (χ3n) is 1.77. The van der Waals surface area contributed by atoms with Crippen molar-refractivity contribution >= 4 is 13.8 Å². The Kier molecular flexibility index (Phi) is 3.37. The Labute approximate surface area is 87.6 Å². The number of anilines is 1. The Morgan fingerprint density at radius 2 is 1.79 bits per heavy atom. The maximum Gasteiger partial charge on any atom is 0.129 e. The molecule has 74 valence electrons. The highest BCUT2D eigenvalue weighted by molar-refractivity contribution is 6.83. The molecule has 0 aliphatic heterocycles. The summed E-state index contributed by atoms with van der Waals surface area (Å²) < 4.78 is 0. The molecule has 0 aliphatic rings. The van der Waals surface area contributed by atoms with Crippen molar-refractivity contribution in [1.82, 2.24) is 0 Å². The first-order valence-electron chi connectivity index (χ1n) is 4.83. The quantitative estimate of drug-likeness (QED) is 0.546. The molecule has 0 aliphatic carbocycles. The van der Waals surface area contributed by atoms with Crippen molar-refractivity contribution in [2.75, 3.05) is 12.4 Å². The molecule has 0 amide bonds. The van der Waals surface area contributed by atoms with Gasteiger partial charge in [-0.2, -0.15) is 0 Å². The van der Waals surface area contributed by atoms with E-state index in [1.807, 2.05) is 25.2 Å². The molecule has 14 heavy (non-hydrogen) atoms. The van der Waals surface area contributed by atoms with Crippen LogP contribution in [0.25, 0.3) is 0 Å². The van der Waals surface area contributed by atoms with Crippen LogP contribution in [0.4, 0.5) is 5.69 Å². The van der Waals surface area contributed by atoms with E-state index >= 15 is 0 Å². The van der Waals surface area contributed by atoms with Crippen LogP contribution in [0.2, 0.25) is 19.6 Å². The molecule has 0 radical (unpaired) electrons. The zero-order chi connectivity index (χ0) is 10.6. The summed E-state index contributed by atoms with van der Waals surface area (Å²) >= 11 is 0. The molecular weight excluding hydrogens is 186 g/mol. The van der Waals surface area contributed by atoms with Gasteiger partial charge in [0.1, 0.15) is 8.07 Å². The van der Waals surface area contributed by atoms with Gasteiger partial charge in [0, 0.05) is 18.3 Å². The summed E-state index contributed by atoms with van der Waals surface area (Å²) in [5, 5.41) is 3.14. The summed E-state index contributed by atoms with van der Waals surface area (Å²) in [6, 6.07) is 8.15. The van der Waals surface area contributed by atoms with Crippen LogP contribution >= 0.6 is 0 Å². The summed E-state index contributed by atoms with van der Waals surface area (Å²) in [7, 11) is 0.661. The maximum atomic E-state index is 3.36. The van der Waals surface area contributed by atoms with Crippen molar-refractivity contribution in [2.45, 2.75) is 19.6 Å². The molecule has 0 unspecified atom stereocenters. The molecule has 1 nitrogen and oxygen atoms in total. The van der Waals surface area contributed by atoms with Crippen LogP contribution in [0.1, 0.15) is 5.56 Å². The van der Waals surface area contributed by atoms with Crippen LogP contribution in [-0.4, -0.2) is 15.1 Å². The smallest absolute Gasteiger partial charge is 0.129 e. The van der Waals surface area contributed by atoms with Crippen molar-refractivity contribution in [1.29, 1.82) is 0 Å². The van der Waals surface area contributed by atoms with Crippen LogP contribution in [0.5, 0.6) is 0 Å². The Morgan fingerprint density at radius 1 is 1.14 bits per heavy atom. The van der Waals surface area contributed by atoms with Gasteiger partial charge in [0.2, 0.25) is 0 Å². The summed E-state index contributed by atoms with van der Waals surface area (Å²) in [5.74, 6) is 3.25. The van der Waals surface area contributed by atoms with Gasteiger partial charge < -0.3 is 5.32 Å². The van der Waals surface area contributed by atoms with E-state index in [9.17, 15) is 0 Å².